The molecule has 0 aromatic heterocycles. The molecule has 1 aromatic carbocycles. The number of carbonyl (C=O) groups excluding carboxylic acids is 1. The van der Waals surface area contributed by atoms with Gasteiger partial charge in [0.25, 0.3) is 0 Å². The minimum atomic E-state index is -0.977. The van der Waals surface area contributed by atoms with E-state index in [2.05, 4.69) is 12.1 Å². The summed E-state index contributed by atoms with van der Waals surface area (Å²) < 4.78 is 0. The van der Waals surface area contributed by atoms with E-state index in [4.69, 9.17) is 0 Å². The molecule has 0 radical (unpaired) electrons. The zero-order valence-corrected chi connectivity index (χ0v) is 8.76. The first-order valence-corrected chi connectivity index (χ1v) is 5.76. The highest BCUT2D eigenvalue weighted by atomic mass is 32.2. The van der Waals surface area contributed by atoms with Crippen LogP contribution in [-0.4, -0.2) is 17.5 Å². The monoisotopic (exact) mass is 209 g/mol. The molecule has 76 valence electrons. The van der Waals surface area contributed by atoms with Crippen molar-refractivity contribution in [1.29, 1.82) is 0 Å². The summed E-state index contributed by atoms with van der Waals surface area (Å²) in [7, 11) is 0. The van der Waals surface area contributed by atoms with E-state index in [0.717, 1.165) is 18.6 Å². The summed E-state index contributed by atoms with van der Waals surface area (Å²) in [6.45, 7) is 0. The number of aryl methyl sites for hydroxylation is 1. The van der Waals surface area contributed by atoms with Crippen molar-refractivity contribution in [3.63, 3.8) is 0 Å². The molecule has 0 atom stereocenters. The molecule has 0 amide bonds. The highest BCUT2D eigenvalue weighted by molar-refractivity contribution is 7.99. The van der Waals surface area contributed by atoms with Crippen LogP contribution in [0.2, 0.25) is 0 Å². The molecule has 1 rings (SSSR count). The zero-order chi connectivity index (χ0) is 10.2. The van der Waals surface area contributed by atoms with Gasteiger partial charge >= 0.3 is 0 Å². The van der Waals surface area contributed by atoms with Crippen molar-refractivity contribution < 1.29 is 9.90 Å². The maximum atomic E-state index is 10.1. The van der Waals surface area contributed by atoms with Crippen LogP contribution in [0.5, 0.6) is 0 Å². The summed E-state index contributed by atoms with van der Waals surface area (Å²) in [6.07, 6.45) is 2.03. The second-order valence-electron chi connectivity index (χ2n) is 3.01. The van der Waals surface area contributed by atoms with Crippen molar-refractivity contribution in [2.45, 2.75) is 12.8 Å². The maximum Gasteiger partial charge on any atom is 0.0513 e. The van der Waals surface area contributed by atoms with Gasteiger partial charge in [-0.2, -0.15) is 11.8 Å². The number of hydrogen-bond donors (Lipinski definition) is 0. The van der Waals surface area contributed by atoms with Crippen LogP contribution in [0.3, 0.4) is 0 Å². The molecule has 0 N–H and O–H groups in total. The summed E-state index contributed by atoms with van der Waals surface area (Å²) in [5.41, 5.74) is 1.31. The Morgan fingerprint density at radius 3 is 2.64 bits per heavy atom. The highest BCUT2D eigenvalue weighted by Gasteiger charge is 1.92. The average molecular weight is 209 g/mol. The lowest BCUT2D eigenvalue weighted by Gasteiger charge is -2.02. The highest BCUT2D eigenvalue weighted by Crippen LogP contribution is 2.07. The normalized spacial score (nSPS) is 10.0. The van der Waals surface area contributed by atoms with Crippen LogP contribution in [0.25, 0.3) is 0 Å². The number of hydrogen-bond acceptors (Lipinski definition) is 3. The van der Waals surface area contributed by atoms with Crippen molar-refractivity contribution in [2.24, 2.45) is 0 Å². The van der Waals surface area contributed by atoms with Crippen LogP contribution in [0.15, 0.2) is 30.3 Å². The summed E-state index contributed by atoms with van der Waals surface area (Å²) in [5.74, 6) is 0.00667. The Hall–Kier alpha value is -0.960. The molecule has 0 unspecified atom stereocenters. The van der Waals surface area contributed by atoms with E-state index in [9.17, 15) is 9.90 Å². The van der Waals surface area contributed by atoms with Crippen LogP contribution in [0.1, 0.15) is 12.0 Å². The largest absolute Gasteiger partial charge is 0.549 e. The molecule has 0 aliphatic heterocycles. The van der Waals surface area contributed by atoms with Crippen molar-refractivity contribution >= 4 is 17.7 Å². The van der Waals surface area contributed by atoms with Crippen molar-refractivity contribution in [1.82, 2.24) is 0 Å². The Balaban J connectivity index is 2.08. The smallest absolute Gasteiger partial charge is 0.0513 e. The fourth-order valence-electron chi connectivity index (χ4n) is 1.18. The molecular weight excluding hydrogens is 196 g/mol. The van der Waals surface area contributed by atoms with Crippen LogP contribution < -0.4 is 5.11 Å². The van der Waals surface area contributed by atoms with Gasteiger partial charge in [-0.25, -0.2) is 0 Å². The molecule has 0 saturated heterocycles. The first kappa shape index (κ1) is 11.1. The molecule has 3 heteroatoms. The lowest BCUT2D eigenvalue weighted by atomic mass is 10.1. The van der Waals surface area contributed by atoms with Gasteiger partial charge in [-0.05, 0) is 24.2 Å². The second-order valence-corrected chi connectivity index (χ2v) is 4.12. The molecule has 0 heterocycles. The van der Waals surface area contributed by atoms with E-state index in [1.807, 2.05) is 18.2 Å². The van der Waals surface area contributed by atoms with Gasteiger partial charge in [0.15, 0.2) is 0 Å². The third kappa shape index (κ3) is 4.92. The lowest BCUT2D eigenvalue weighted by Crippen LogP contribution is -2.24. The Morgan fingerprint density at radius 2 is 2.00 bits per heavy atom. The molecule has 0 bridgehead atoms. The van der Waals surface area contributed by atoms with Crippen molar-refractivity contribution in [3.8, 4) is 0 Å². The molecule has 0 spiro atoms. The molecule has 0 aliphatic carbocycles. The van der Waals surface area contributed by atoms with Gasteiger partial charge < -0.3 is 9.90 Å². The summed E-state index contributed by atoms with van der Waals surface area (Å²) in [4.78, 5) is 10.1. The lowest BCUT2D eigenvalue weighted by molar-refractivity contribution is -0.301. The van der Waals surface area contributed by atoms with Crippen LogP contribution in [0.4, 0.5) is 0 Å². The standard InChI is InChI=1S/C11H14O2S/c12-11(13)9-14-8-4-7-10-5-2-1-3-6-10/h1-3,5-6H,4,7-9H2,(H,12,13)/p-1. The van der Waals surface area contributed by atoms with E-state index in [1.54, 1.807) is 0 Å². The Morgan fingerprint density at radius 1 is 1.29 bits per heavy atom. The van der Waals surface area contributed by atoms with Gasteiger partial charge in [-0.15, -0.1) is 0 Å². The minimum Gasteiger partial charge on any atom is -0.549 e. The fraction of sp³-hybridized carbons (Fsp3) is 0.364. The molecule has 0 aliphatic rings. The van der Waals surface area contributed by atoms with E-state index in [-0.39, 0.29) is 5.75 Å². The topological polar surface area (TPSA) is 40.1 Å². The van der Waals surface area contributed by atoms with E-state index in [0.29, 0.717) is 0 Å². The molecular formula is C11H13O2S-. The predicted molar refractivity (Wildman–Crippen MR) is 57.1 cm³/mol. The summed E-state index contributed by atoms with van der Waals surface area (Å²) in [5, 5.41) is 10.1. The first-order valence-electron chi connectivity index (χ1n) is 4.60. The van der Waals surface area contributed by atoms with E-state index in [1.165, 1.54) is 17.3 Å². The van der Waals surface area contributed by atoms with Gasteiger partial charge in [0.1, 0.15) is 0 Å². The third-order valence-corrected chi connectivity index (χ3v) is 2.83. The third-order valence-electron chi connectivity index (χ3n) is 1.82. The summed E-state index contributed by atoms with van der Waals surface area (Å²) in [6, 6.07) is 10.2. The summed E-state index contributed by atoms with van der Waals surface area (Å²) >= 11 is 1.42. The number of rotatable bonds is 6. The predicted octanol–water partition coefficient (Wildman–Crippen LogP) is 1.10. The molecule has 1 aromatic rings. The van der Waals surface area contributed by atoms with Crippen LogP contribution >= 0.6 is 11.8 Å². The van der Waals surface area contributed by atoms with Crippen LogP contribution in [-0.2, 0) is 11.2 Å². The molecule has 0 saturated carbocycles. The number of thioether (sulfide) groups is 1. The van der Waals surface area contributed by atoms with Crippen LogP contribution in [0, 0.1) is 0 Å². The van der Waals surface area contributed by atoms with Gasteiger partial charge in [-0.3, -0.25) is 0 Å². The quantitative estimate of drug-likeness (QED) is 0.659. The molecule has 2 nitrogen and oxygen atoms in total. The van der Waals surface area contributed by atoms with Crippen molar-refractivity contribution in [2.75, 3.05) is 11.5 Å². The zero-order valence-electron chi connectivity index (χ0n) is 7.94. The number of carboxylic acid groups (broad SMARTS) is 1. The SMILES string of the molecule is O=C([O-])CSCCCc1ccccc1. The van der Waals surface area contributed by atoms with Crippen molar-refractivity contribution in [3.05, 3.63) is 35.9 Å². The van der Waals surface area contributed by atoms with E-state index < -0.39 is 5.97 Å². The Kier molecular flexibility index (Phi) is 5.15. The van der Waals surface area contributed by atoms with Gasteiger partial charge in [0.2, 0.25) is 0 Å². The number of aliphatic carboxylic acids is 1. The first-order chi connectivity index (χ1) is 6.79. The molecule has 14 heavy (non-hydrogen) atoms. The number of carbonyl (C=O) groups is 1. The van der Waals surface area contributed by atoms with E-state index >= 15 is 0 Å². The Labute approximate surface area is 88.3 Å². The van der Waals surface area contributed by atoms with Gasteiger partial charge in [-0.1, -0.05) is 30.3 Å². The maximum absolute atomic E-state index is 10.1. The molecule has 0 fully saturated rings. The Bertz CT molecular complexity index is 272. The number of benzene rings is 1. The number of carboxylic acids is 1. The average Bonchev–Trinajstić information content (AvgIpc) is 2.18. The minimum absolute atomic E-state index is 0.106. The van der Waals surface area contributed by atoms with Gasteiger partial charge in [0, 0.05) is 5.75 Å². The second kappa shape index (κ2) is 6.49. The fourth-order valence-corrected chi connectivity index (χ4v) is 1.84. The van der Waals surface area contributed by atoms with Gasteiger partial charge in [0.05, 0.1) is 5.97 Å².